The molecule has 0 bridgehead atoms. The van der Waals surface area contributed by atoms with Crippen LogP contribution in [-0.2, 0) is 20.0 Å². The summed E-state index contributed by atoms with van der Waals surface area (Å²) in [4.78, 5) is 18.4. The van der Waals surface area contributed by atoms with Crippen LogP contribution in [0.4, 0.5) is 4.79 Å². The summed E-state index contributed by atoms with van der Waals surface area (Å²) in [5, 5.41) is 17.4. The Balaban J connectivity index is 1.55. The van der Waals surface area contributed by atoms with Crippen molar-refractivity contribution < 1.29 is 14.4 Å². The van der Waals surface area contributed by atoms with Gasteiger partial charge in [-0.2, -0.15) is 0 Å². The minimum Gasteiger partial charge on any atom is -0.385 e. The highest BCUT2D eigenvalue weighted by atomic mass is 16.5. The first-order valence-electron chi connectivity index (χ1n) is 8.71. The highest BCUT2D eigenvalue weighted by molar-refractivity contribution is 5.74. The summed E-state index contributed by atoms with van der Waals surface area (Å²) in [6.07, 6.45) is 5.36. The molecule has 1 aliphatic heterocycles. The second-order valence-corrected chi connectivity index (χ2v) is 6.49. The summed E-state index contributed by atoms with van der Waals surface area (Å²) < 4.78 is 7.00. The highest BCUT2D eigenvalue weighted by Crippen LogP contribution is 2.28. The zero-order valence-corrected chi connectivity index (χ0v) is 14.7. The number of urea groups is 1. The molecule has 3 heterocycles. The fraction of sp³-hybridized carbons (Fsp3) is 0.588. The summed E-state index contributed by atoms with van der Waals surface area (Å²) >= 11 is 0. The van der Waals surface area contributed by atoms with E-state index in [1.54, 1.807) is 11.1 Å². The minimum absolute atomic E-state index is 0.0161. The van der Waals surface area contributed by atoms with Crippen molar-refractivity contribution in [3.8, 4) is 0 Å². The third kappa shape index (κ3) is 4.01. The number of likely N-dealkylation sites (tertiary alicyclic amines) is 1. The van der Waals surface area contributed by atoms with E-state index < -0.39 is 6.10 Å². The average molecular weight is 347 g/mol. The molecule has 1 aliphatic rings. The van der Waals surface area contributed by atoms with E-state index in [1.807, 2.05) is 30.8 Å². The molecule has 1 saturated heterocycles. The number of rotatable bonds is 5. The maximum atomic E-state index is 12.4. The van der Waals surface area contributed by atoms with Crippen LogP contribution in [0.5, 0.6) is 0 Å². The van der Waals surface area contributed by atoms with Gasteiger partial charge >= 0.3 is 6.03 Å². The summed E-state index contributed by atoms with van der Waals surface area (Å²) in [7, 11) is 1.86. The normalized spacial score (nSPS) is 19.0. The summed E-state index contributed by atoms with van der Waals surface area (Å²) in [5.41, 5.74) is 0.875. The Morgan fingerprint density at radius 1 is 1.56 bits per heavy atom. The van der Waals surface area contributed by atoms with E-state index in [4.69, 9.17) is 4.52 Å². The Morgan fingerprint density at radius 2 is 2.40 bits per heavy atom. The quantitative estimate of drug-likeness (QED) is 0.857. The molecule has 8 heteroatoms. The molecule has 0 saturated carbocycles. The third-order valence-corrected chi connectivity index (χ3v) is 4.70. The number of aliphatic hydroxyl groups is 1. The first-order chi connectivity index (χ1) is 12.1. The van der Waals surface area contributed by atoms with Crippen molar-refractivity contribution >= 4 is 6.03 Å². The maximum Gasteiger partial charge on any atom is 0.317 e. The van der Waals surface area contributed by atoms with Crippen molar-refractivity contribution in [2.45, 2.75) is 38.8 Å². The van der Waals surface area contributed by atoms with E-state index in [1.165, 1.54) is 0 Å². The number of carbonyl (C=O) groups is 1. The van der Waals surface area contributed by atoms with Crippen LogP contribution in [0.15, 0.2) is 23.0 Å². The molecule has 0 radical (unpaired) electrons. The lowest BCUT2D eigenvalue weighted by Gasteiger charge is -2.34. The lowest BCUT2D eigenvalue weighted by atomic mass is 9.92. The molecule has 8 nitrogen and oxygen atoms in total. The fourth-order valence-electron chi connectivity index (χ4n) is 3.21. The Labute approximate surface area is 146 Å². The van der Waals surface area contributed by atoms with Gasteiger partial charge in [-0.3, -0.25) is 0 Å². The van der Waals surface area contributed by atoms with Crippen molar-refractivity contribution in [3.05, 3.63) is 35.7 Å². The molecule has 2 atom stereocenters. The lowest BCUT2D eigenvalue weighted by Crippen LogP contribution is -2.46. The topological polar surface area (TPSA) is 96.4 Å². The Bertz CT molecular complexity index is 711. The minimum atomic E-state index is -0.669. The number of aryl methyl sites for hydroxylation is 2. The Hall–Kier alpha value is -2.35. The van der Waals surface area contributed by atoms with E-state index in [2.05, 4.69) is 15.5 Å². The average Bonchev–Trinajstić information content (AvgIpc) is 3.27. The number of carbonyl (C=O) groups excluding carboxylic acids is 1. The van der Waals surface area contributed by atoms with Crippen molar-refractivity contribution in [3.63, 3.8) is 0 Å². The second kappa shape index (κ2) is 7.69. The molecule has 25 heavy (non-hydrogen) atoms. The van der Waals surface area contributed by atoms with Crippen LogP contribution in [0.1, 0.15) is 43.1 Å². The number of imidazole rings is 1. The molecular formula is C17H25N5O3. The van der Waals surface area contributed by atoms with Gasteiger partial charge in [0.25, 0.3) is 0 Å². The smallest absolute Gasteiger partial charge is 0.317 e. The van der Waals surface area contributed by atoms with Crippen LogP contribution in [0.25, 0.3) is 0 Å². The number of hydrogen-bond acceptors (Lipinski definition) is 5. The monoisotopic (exact) mass is 347 g/mol. The largest absolute Gasteiger partial charge is 0.385 e. The van der Waals surface area contributed by atoms with Gasteiger partial charge in [-0.25, -0.2) is 9.78 Å². The van der Waals surface area contributed by atoms with Gasteiger partial charge in [-0.15, -0.1) is 0 Å². The number of nitrogens with one attached hydrogen (secondary N) is 1. The zero-order chi connectivity index (χ0) is 17.8. The molecule has 2 N–H and O–H groups in total. The standard InChI is InChI=1S/C17H25N5O3/c1-3-13-9-14(25-20-13)10-19-17(24)22-7-4-5-12(11-22)15(23)16-18-6-8-21(16)2/h6,8-9,12,15,23H,3-5,7,10-11H2,1-2H3,(H,19,24)/t12-,15+/m1/s1. The van der Waals surface area contributed by atoms with Gasteiger partial charge in [0.05, 0.1) is 12.2 Å². The number of nitrogens with zero attached hydrogens (tertiary/aromatic N) is 4. The van der Waals surface area contributed by atoms with Gasteiger partial charge < -0.3 is 24.4 Å². The van der Waals surface area contributed by atoms with E-state index >= 15 is 0 Å². The first-order valence-corrected chi connectivity index (χ1v) is 8.71. The molecular weight excluding hydrogens is 322 g/mol. The molecule has 2 aromatic heterocycles. The molecule has 0 aromatic carbocycles. The van der Waals surface area contributed by atoms with Gasteiger partial charge in [-0.05, 0) is 19.3 Å². The first kappa shape index (κ1) is 17.5. The van der Waals surface area contributed by atoms with Crippen LogP contribution in [-0.4, -0.2) is 43.8 Å². The second-order valence-electron chi connectivity index (χ2n) is 6.49. The van der Waals surface area contributed by atoms with Crippen LogP contribution in [0.3, 0.4) is 0 Å². The van der Waals surface area contributed by atoms with Crippen LogP contribution >= 0.6 is 0 Å². The number of aliphatic hydroxyl groups excluding tert-OH is 1. The van der Waals surface area contributed by atoms with E-state index in [-0.39, 0.29) is 11.9 Å². The molecule has 3 rings (SSSR count). The van der Waals surface area contributed by atoms with Gasteiger partial charge in [0, 0.05) is 44.5 Å². The number of aromatic nitrogens is 3. The van der Waals surface area contributed by atoms with Crippen LogP contribution < -0.4 is 5.32 Å². The summed E-state index contributed by atoms with van der Waals surface area (Å²) in [6, 6.07) is 1.70. The SMILES string of the molecule is CCc1cc(CNC(=O)N2CCC[C@@H]([C@H](O)c3nccn3C)C2)on1. The van der Waals surface area contributed by atoms with Crippen molar-refractivity contribution in [2.24, 2.45) is 13.0 Å². The van der Waals surface area contributed by atoms with Crippen LogP contribution in [0, 0.1) is 5.92 Å². The van der Waals surface area contributed by atoms with Gasteiger partial charge in [-0.1, -0.05) is 12.1 Å². The van der Waals surface area contributed by atoms with Crippen molar-refractivity contribution in [2.75, 3.05) is 13.1 Å². The number of hydrogen-bond donors (Lipinski definition) is 2. The predicted octanol–water partition coefficient (Wildman–Crippen LogP) is 1.63. The zero-order valence-electron chi connectivity index (χ0n) is 14.7. The molecule has 2 aromatic rings. The number of amides is 2. The van der Waals surface area contributed by atoms with Crippen LogP contribution in [0.2, 0.25) is 0 Å². The Kier molecular flexibility index (Phi) is 5.37. The highest BCUT2D eigenvalue weighted by Gasteiger charge is 2.31. The molecule has 0 unspecified atom stereocenters. The van der Waals surface area contributed by atoms with E-state index in [9.17, 15) is 9.90 Å². The van der Waals surface area contributed by atoms with Crippen molar-refractivity contribution in [1.29, 1.82) is 0 Å². The van der Waals surface area contributed by atoms with Gasteiger partial charge in [0.1, 0.15) is 11.9 Å². The molecule has 0 aliphatic carbocycles. The number of piperidine rings is 1. The molecule has 136 valence electrons. The predicted molar refractivity (Wildman–Crippen MR) is 90.6 cm³/mol. The molecule has 0 spiro atoms. The van der Waals surface area contributed by atoms with Crippen molar-refractivity contribution in [1.82, 2.24) is 24.9 Å². The summed E-state index contributed by atoms with van der Waals surface area (Å²) in [6.45, 7) is 3.51. The van der Waals surface area contributed by atoms with Gasteiger partial charge in [0.2, 0.25) is 0 Å². The molecule has 2 amide bonds. The fourth-order valence-corrected chi connectivity index (χ4v) is 3.21. The third-order valence-electron chi connectivity index (χ3n) is 4.70. The maximum absolute atomic E-state index is 12.4. The van der Waals surface area contributed by atoms with E-state index in [0.717, 1.165) is 25.0 Å². The molecule has 1 fully saturated rings. The Morgan fingerprint density at radius 3 is 3.08 bits per heavy atom. The van der Waals surface area contributed by atoms with E-state index in [0.29, 0.717) is 31.2 Å². The van der Waals surface area contributed by atoms with Gasteiger partial charge in [0.15, 0.2) is 5.76 Å². The summed E-state index contributed by atoms with van der Waals surface area (Å²) in [5.74, 6) is 1.27. The lowest BCUT2D eigenvalue weighted by molar-refractivity contribution is 0.0531.